The number of carboxylic acids is 1. The Morgan fingerprint density at radius 2 is 2.12 bits per heavy atom. The topological polar surface area (TPSA) is 49.3 Å². The Hall–Kier alpha value is -1.03. The van der Waals surface area contributed by atoms with Gasteiger partial charge in [-0.2, -0.15) is 0 Å². The second-order valence-corrected chi connectivity index (χ2v) is 4.97. The van der Waals surface area contributed by atoms with E-state index in [-0.39, 0.29) is 6.42 Å². The summed E-state index contributed by atoms with van der Waals surface area (Å²) in [4.78, 5) is 10.3. The maximum absolute atomic E-state index is 10.3. The van der Waals surface area contributed by atoms with Gasteiger partial charge in [-0.15, -0.1) is 0 Å². The lowest BCUT2D eigenvalue weighted by Gasteiger charge is -2.09. The minimum atomic E-state index is -0.709. The van der Waals surface area contributed by atoms with E-state index >= 15 is 0 Å². The van der Waals surface area contributed by atoms with Gasteiger partial charge in [0.05, 0.1) is 0 Å². The lowest BCUT2D eigenvalue weighted by atomic mass is 10.2. The Labute approximate surface area is 110 Å². The molecule has 4 heteroatoms. The molecule has 0 spiro atoms. The molecule has 3 nitrogen and oxygen atoms in total. The summed E-state index contributed by atoms with van der Waals surface area (Å²) >= 11 is 3.49. The molecule has 0 bridgehead atoms. The second kappa shape index (κ2) is 7.33. The maximum atomic E-state index is 10.3. The normalized spacial score (nSPS) is 10.2. The van der Waals surface area contributed by atoms with Gasteiger partial charge in [-0.25, -0.2) is 0 Å². The molecule has 0 aliphatic rings. The number of nitrogens with one attached hydrogen (secondary N) is 1. The van der Waals surface area contributed by atoms with E-state index in [0.717, 1.165) is 36.0 Å². The van der Waals surface area contributed by atoms with Crippen LogP contribution in [0.5, 0.6) is 0 Å². The van der Waals surface area contributed by atoms with Gasteiger partial charge in [0.1, 0.15) is 0 Å². The molecule has 0 saturated heterocycles. The number of benzene rings is 1. The molecule has 0 unspecified atom stereocenters. The first-order chi connectivity index (χ1) is 8.09. The first-order valence-electron chi connectivity index (χ1n) is 5.81. The number of aryl methyl sites for hydroxylation is 1. The van der Waals surface area contributed by atoms with E-state index in [1.54, 1.807) is 0 Å². The predicted molar refractivity (Wildman–Crippen MR) is 73.5 cm³/mol. The highest BCUT2D eigenvalue weighted by Crippen LogP contribution is 2.23. The van der Waals surface area contributed by atoms with Crippen molar-refractivity contribution in [1.82, 2.24) is 0 Å². The van der Waals surface area contributed by atoms with E-state index in [1.807, 2.05) is 6.07 Å². The van der Waals surface area contributed by atoms with Gasteiger partial charge >= 0.3 is 5.97 Å². The Morgan fingerprint density at radius 3 is 2.82 bits per heavy atom. The van der Waals surface area contributed by atoms with Gasteiger partial charge in [-0.3, -0.25) is 4.79 Å². The zero-order chi connectivity index (χ0) is 12.7. The van der Waals surface area contributed by atoms with Crippen molar-refractivity contribution in [3.8, 4) is 0 Å². The number of hydrogen-bond acceptors (Lipinski definition) is 2. The van der Waals surface area contributed by atoms with Gasteiger partial charge in [0.2, 0.25) is 0 Å². The van der Waals surface area contributed by atoms with Gasteiger partial charge < -0.3 is 10.4 Å². The molecule has 94 valence electrons. The summed E-state index contributed by atoms with van der Waals surface area (Å²) in [5, 5.41) is 11.8. The largest absolute Gasteiger partial charge is 0.481 e. The first kappa shape index (κ1) is 14.0. The van der Waals surface area contributed by atoms with Crippen molar-refractivity contribution in [2.75, 3.05) is 11.9 Å². The molecule has 0 aromatic heterocycles. The van der Waals surface area contributed by atoms with Crippen molar-refractivity contribution >= 4 is 27.6 Å². The standard InChI is InChI=1S/C13H18BrNO2/c1-10-6-7-11(14)12(9-10)15-8-4-2-3-5-13(16)17/h6-7,9,15H,2-5,8H2,1H3,(H,16,17). The van der Waals surface area contributed by atoms with Gasteiger partial charge in [-0.05, 0) is 53.4 Å². The van der Waals surface area contributed by atoms with Crippen molar-refractivity contribution in [3.63, 3.8) is 0 Å². The number of carbonyl (C=O) groups is 1. The maximum Gasteiger partial charge on any atom is 0.303 e. The molecule has 0 atom stereocenters. The number of anilines is 1. The van der Waals surface area contributed by atoms with E-state index in [2.05, 4.69) is 40.3 Å². The molecule has 0 radical (unpaired) electrons. The van der Waals surface area contributed by atoms with Crippen LogP contribution in [-0.4, -0.2) is 17.6 Å². The number of rotatable bonds is 7. The molecule has 2 N–H and O–H groups in total. The monoisotopic (exact) mass is 299 g/mol. The fraction of sp³-hybridized carbons (Fsp3) is 0.462. The summed E-state index contributed by atoms with van der Waals surface area (Å²) in [6.45, 7) is 2.94. The average Bonchev–Trinajstić information content (AvgIpc) is 2.27. The van der Waals surface area contributed by atoms with Crippen molar-refractivity contribution in [3.05, 3.63) is 28.2 Å². The number of aliphatic carboxylic acids is 1. The highest BCUT2D eigenvalue weighted by Gasteiger charge is 1.99. The molecule has 0 amide bonds. The van der Waals surface area contributed by atoms with Crippen molar-refractivity contribution in [1.29, 1.82) is 0 Å². The Bertz CT molecular complexity index is 380. The summed E-state index contributed by atoms with van der Waals surface area (Å²) in [7, 11) is 0. The van der Waals surface area contributed by atoms with Crippen LogP contribution in [0, 0.1) is 6.92 Å². The summed E-state index contributed by atoms with van der Waals surface area (Å²) in [5.74, 6) is -0.709. The van der Waals surface area contributed by atoms with E-state index < -0.39 is 5.97 Å². The first-order valence-corrected chi connectivity index (χ1v) is 6.60. The SMILES string of the molecule is Cc1ccc(Br)c(NCCCCCC(=O)O)c1. The minimum Gasteiger partial charge on any atom is -0.481 e. The number of hydrogen-bond donors (Lipinski definition) is 2. The summed E-state index contributed by atoms with van der Waals surface area (Å²) in [5.41, 5.74) is 2.32. The molecule has 0 aliphatic heterocycles. The number of unbranched alkanes of at least 4 members (excludes halogenated alkanes) is 2. The molecule has 1 aromatic carbocycles. The molecule has 1 aromatic rings. The van der Waals surface area contributed by atoms with Crippen molar-refractivity contribution in [2.24, 2.45) is 0 Å². The lowest BCUT2D eigenvalue weighted by Crippen LogP contribution is -2.03. The van der Waals surface area contributed by atoms with Crippen molar-refractivity contribution in [2.45, 2.75) is 32.6 Å². The third kappa shape index (κ3) is 5.73. The van der Waals surface area contributed by atoms with Crippen LogP contribution >= 0.6 is 15.9 Å². The van der Waals surface area contributed by atoms with Gasteiger partial charge in [0.25, 0.3) is 0 Å². The molecule has 1 rings (SSSR count). The Balaban J connectivity index is 2.22. The van der Waals surface area contributed by atoms with Crippen LogP contribution in [0.25, 0.3) is 0 Å². The van der Waals surface area contributed by atoms with Crippen LogP contribution in [0.2, 0.25) is 0 Å². The van der Waals surface area contributed by atoms with E-state index in [1.165, 1.54) is 5.56 Å². The number of halogens is 1. The zero-order valence-electron chi connectivity index (χ0n) is 10.0. The fourth-order valence-corrected chi connectivity index (χ4v) is 1.96. The quantitative estimate of drug-likeness (QED) is 0.753. The Kier molecular flexibility index (Phi) is 6.05. The molecule has 17 heavy (non-hydrogen) atoms. The smallest absolute Gasteiger partial charge is 0.303 e. The van der Waals surface area contributed by atoms with Gasteiger partial charge in [-0.1, -0.05) is 12.5 Å². The van der Waals surface area contributed by atoms with Gasteiger partial charge in [0.15, 0.2) is 0 Å². The summed E-state index contributed by atoms with van der Waals surface area (Å²) < 4.78 is 1.06. The van der Waals surface area contributed by atoms with Crippen LogP contribution in [0.4, 0.5) is 5.69 Å². The van der Waals surface area contributed by atoms with Crippen LogP contribution < -0.4 is 5.32 Å². The lowest BCUT2D eigenvalue weighted by molar-refractivity contribution is -0.137. The average molecular weight is 300 g/mol. The summed E-state index contributed by atoms with van der Waals surface area (Å²) in [6.07, 6.45) is 2.97. The van der Waals surface area contributed by atoms with E-state index in [4.69, 9.17) is 5.11 Å². The van der Waals surface area contributed by atoms with Crippen molar-refractivity contribution < 1.29 is 9.90 Å². The Morgan fingerprint density at radius 1 is 1.35 bits per heavy atom. The van der Waals surface area contributed by atoms with Crippen LogP contribution in [0.15, 0.2) is 22.7 Å². The molecule has 0 fully saturated rings. The molecular formula is C13H18BrNO2. The number of carboxylic acid groups (broad SMARTS) is 1. The minimum absolute atomic E-state index is 0.272. The second-order valence-electron chi connectivity index (χ2n) is 4.11. The van der Waals surface area contributed by atoms with Gasteiger partial charge in [0, 0.05) is 23.1 Å². The molecular weight excluding hydrogens is 282 g/mol. The highest BCUT2D eigenvalue weighted by molar-refractivity contribution is 9.10. The highest BCUT2D eigenvalue weighted by atomic mass is 79.9. The fourth-order valence-electron chi connectivity index (χ4n) is 1.58. The third-order valence-electron chi connectivity index (χ3n) is 2.50. The van der Waals surface area contributed by atoms with E-state index in [0.29, 0.717) is 0 Å². The van der Waals surface area contributed by atoms with E-state index in [9.17, 15) is 4.79 Å². The zero-order valence-corrected chi connectivity index (χ0v) is 11.6. The molecule has 0 heterocycles. The predicted octanol–water partition coefficient (Wildman–Crippen LogP) is 3.81. The third-order valence-corrected chi connectivity index (χ3v) is 3.20. The van der Waals surface area contributed by atoms with Crippen LogP contribution in [-0.2, 0) is 4.79 Å². The van der Waals surface area contributed by atoms with Crippen LogP contribution in [0.3, 0.4) is 0 Å². The summed E-state index contributed by atoms with van der Waals surface area (Å²) in [6, 6.07) is 6.19. The molecule has 0 saturated carbocycles. The van der Waals surface area contributed by atoms with Crippen LogP contribution in [0.1, 0.15) is 31.2 Å². The molecule has 0 aliphatic carbocycles.